The first-order valence-electron chi connectivity index (χ1n) is 13.4. The third-order valence-electron chi connectivity index (χ3n) is 7.80. The van der Waals surface area contributed by atoms with Gasteiger partial charge in [0, 0.05) is 25.2 Å². The fraction of sp³-hybridized carbons (Fsp3) is 0.667. The zero-order valence-electron chi connectivity index (χ0n) is 22.9. The van der Waals surface area contributed by atoms with E-state index in [4.69, 9.17) is 4.74 Å². The van der Waals surface area contributed by atoms with Crippen LogP contribution in [-0.2, 0) is 16.0 Å². The van der Waals surface area contributed by atoms with Crippen LogP contribution >= 0.6 is 0 Å². The molecule has 0 spiro atoms. The molecule has 2 saturated heterocycles. The first kappa shape index (κ1) is 30.8. The van der Waals surface area contributed by atoms with E-state index in [0.29, 0.717) is 13.0 Å². The number of amides is 2. The molecule has 0 bridgehead atoms. The minimum atomic E-state index is -1.80. The van der Waals surface area contributed by atoms with Crippen LogP contribution in [0.4, 0.5) is 13.6 Å². The van der Waals surface area contributed by atoms with Crippen LogP contribution in [0, 0.1) is 16.7 Å². The summed E-state index contributed by atoms with van der Waals surface area (Å²) in [6, 6.07) is 10.7. The molecule has 9 nitrogen and oxygen atoms in total. The molecule has 0 radical (unpaired) electrons. The smallest absolute Gasteiger partial charge is 0.447 e. The molecule has 0 saturated carbocycles. The van der Waals surface area contributed by atoms with Crippen LogP contribution in [0.1, 0.15) is 52.0 Å². The highest BCUT2D eigenvalue weighted by molar-refractivity contribution is 6.43. The Balaban J connectivity index is 1.63. The quantitative estimate of drug-likeness (QED) is 0.384. The number of hydrogen-bond donors (Lipinski definition) is 3. The van der Waals surface area contributed by atoms with Crippen molar-refractivity contribution in [2.45, 2.75) is 82.7 Å². The van der Waals surface area contributed by atoms with E-state index in [2.05, 4.69) is 11.4 Å². The Morgan fingerprint density at radius 2 is 1.82 bits per heavy atom. The van der Waals surface area contributed by atoms with E-state index < -0.39 is 54.4 Å². The molecular weight excluding hydrogens is 509 g/mol. The number of alkyl halides is 2. The third kappa shape index (κ3) is 7.90. The van der Waals surface area contributed by atoms with Gasteiger partial charge in [-0.1, -0.05) is 30.3 Å². The van der Waals surface area contributed by atoms with Crippen molar-refractivity contribution in [3.63, 3.8) is 0 Å². The lowest BCUT2D eigenvalue weighted by atomic mass is 9.76. The van der Waals surface area contributed by atoms with Gasteiger partial charge in [0.05, 0.1) is 18.1 Å². The molecule has 3 N–H and O–H groups in total. The standard InChI is InChI=1S/C27H39BF2N4O5/c1-26(2,33-14-21(29)22(30)15-33)17-27(3,18-31)24(35)34-12-8-7-11-20(34)16-39-25(36)32-23(28(37)38)13-19-9-5-4-6-10-19/h4-6,9-10,20-23,37-38H,7-8,11-17H2,1-3H3,(H,32,36)/t20-,21-,22+,23+,27?/m1/s1. The molecule has 2 aliphatic heterocycles. The van der Waals surface area contributed by atoms with E-state index in [1.54, 1.807) is 54.8 Å². The second-order valence-corrected chi connectivity index (χ2v) is 11.5. The van der Waals surface area contributed by atoms with E-state index in [9.17, 15) is 33.7 Å². The summed E-state index contributed by atoms with van der Waals surface area (Å²) in [5.74, 6) is -1.40. The Morgan fingerprint density at radius 1 is 1.18 bits per heavy atom. The molecule has 0 aliphatic carbocycles. The Bertz CT molecular complexity index is 1020. The average Bonchev–Trinajstić information content (AvgIpc) is 3.26. The van der Waals surface area contributed by atoms with Crippen LogP contribution in [0.5, 0.6) is 0 Å². The Kier molecular flexibility index (Phi) is 10.3. The SMILES string of the molecule is CC(C#N)(CC(C)(C)N1C[C@@H](F)[C@@H](F)C1)C(=O)N1CCCC[C@@H]1COC(=O)N[C@@H](Cc1ccccc1)B(O)O. The molecule has 1 aromatic carbocycles. The topological polar surface area (TPSA) is 126 Å². The van der Waals surface area contributed by atoms with Crippen LogP contribution in [0.3, 0.4) is 0 Å². The number of carbonyl (C=O) groups excluding carboxylic acids is 2. The van der Waals surface area contributed by atoms with Crippen molar-refractivity contribution in [3.8, 4) is 6.07 Å². The van der Waals surface area contributed by atoms with E-state index in [1.165, 1.54) is 0 Å². The number of carbonyl (C=O) groups is 2. The number of rotatable bonds is 10. The number of hydrogen-bond acceptors (Lipinski definition) is 7. The lowest BCUT2D eigenvalue weighted by Crippen LogP contribution is -2.55. The van der Waals surface area contributed by atoms with Crippen LogP contribution in [0.15, 0.2) is 30.3 Å². The third-order valence-corrected chi connectivity index (χ3v) is 7.80. The molecule has 12 heteroatoms. The van der Waals surface area contributed by atoms with Crippen LogP contribution in [0.2, 0.25) is 0 Å². The molecular formula is C27H39BF2N4O5. The minimum Gasteiger partial charge on any atom is -0.447 e. The zero-order chi connectivity index (χ0) is 28.8. The molecule has 39 heavy (non-hydrogen) atoms. The van der Waals surface area contributed by atoms with Crippen molar-refractivity contribution in [1.29, 1.82) is 5.26 Å². The molecule has 5 atom stereocenters. The van der Waals surface area contributed by atoms with Gasteiger partial charge in [-0.15, -0.1) is 0 Å². The summed E-state index contributed by atoms with van der Waals surface area (Å²) in [5, 5.41) is 32.0. The predicted molar refractivity (Wildman–Crippen MR) is 142 cm³/mol. The van der Waals surface area contributed by atoms with Crippen molar-refractivity contribution in [1.82, 2.24) is 15.1 Å². The molecule has 1 unspecified atom stereocenters. The molecule has 214 valence electrons. The highest BCUT2D eigenvalue weighted by Crippen LogP contribution is 2.37. The maximum atomic E-state index is 13.9. The summed E-state index contributed by atoms with van der Waals surface area (Å²) >= 11 is 0. The second kappa shape index (κ2) is 13.1. The van der Waals surface area contributed by atoms with Crippen molar-refractivity contribution in [2.75, 3.05) is 26.2 Å². The molecule has 2 fully saturated rings. The highest BCUT2D eigenvalue weighted by atomic mass is 19.2. The predicted octanol–water partition coefficient (Wildman–Crippen LogP) is 2.41. The highest BCUT2D eigenvalue weighted by Gasteiger charge is 2.48. The number of piperidine rings is 1. The van der Waals surface area contributed by atoms with E-state index in [1.807, 2.05) is 6.07 Å². The Labute approximate surface area is 229 Å². The van der Waals surface area contributed by atoms with Gasteiger partial charge in [0.1, 0.15) is 24.4 Å². The zero-order valence-corrected chi connectivity index (χ0v) is 22.9. The lowest BCUT2D eigenvalue weighted by molar-refractivity contribution is -0.145. The van der Waals surface area contributed by atoms with E-state index >= 15 is 0 Å². The van der Waals surface area contributed by atoms with Gasteiger partial charge in [-0.25, -0.2) is 13.6 Å². The van der Waals surface area contributed by atoms with Gasteiger partial charge >= 0.3 is 13.2 Å². The summed E-state index contributed by atoms with van der Waals surface area (Å²) in [6.45, 7) is 5.19. The van der Waals surface area contributed by atoms with Gasteiger partial charge in [-0.2, -0.15) is 5.26 Å². The summed E-state index contributed by atoms with van der Waals surface area (Å²) in [4.78, 5) is 29.5. The molecule has 3 rings (SSSR count). The number of likely N-dealkylation sites (tertiary alicyclic amines) is 2. The molecule has 0 aromatic heterocycles. The summed E-state index contributed by atoms with van der Waals surface area (Å²) in [7, 11) is -1.80. The van der Waals surface area contributed by atoms with Crippen molar-refractivity contribution in [3.05, 3.63) is 35.9 Å². The van der Waals surface area contributed by atoms with Crippen LogP contribution in [-0.4, -0.2) is 95.1 Å². The molecule has 2 amide bonds. The average molecular weight is 548 g/mol. The number of nitrogens with one attached hydrogen (secondary N) is 1. The number of nitriles is 1. The second-order valence-electron chi connectivity index (χ2n) is 11.5. The number of ether oxygens (including phenoxy) is 1. The lowest BCUT2D eigenvalue weighted by Gasteiger charge is -2.43. The first-order chi connectivity index (χ1) is 18.4. The van der Waals surface area contributed by atoms with Gasteiger partial charge in [0.15, 0.2) is 0 Å². The Morgan fingerprint density at radius 3 is 2.41 bits per heavy atom. The van der Waals surface area contributed by atoms with E-state index in [0.717, 1.165) is 18.4 Å². The Hall–Kier alpha value is -2.75. The van der Waals surface area contributed by atoms with Gasteiger partial charge in [0.25, 0.3) is 0 Å². The molecule has 2 aliphatic rings. The van der Waals surface area contributed by atoms with Gasteiger partial charge in [-0.3, -0.25) is 9.69 Å². The monoisotopic (exact) mass is 548 g/mol. The van der Waals surface area contributed by atoms with Gasteiger partial charge in [0.2, 0.25) is 5.91 Å². The number of benzene rings is 1. The summed E-state index contributed by atoms with van der Waals surface area (Å²) in [6.07, 6.45) is -1.67. The molecule has 1 aromatic rings. The number of halogens is 2. The van der Waals surface area contributed by atoms with Crippen LogP contribution in [0.25, 0.3) is 0 Å². The maximum absolute atomic E-state index is 13.9. The summed E-state index contributed by atoms with van der Waals surface area (Å²) in [5.41, 5.74) is -1.45. The van der Waals surface area contributed by atoms with E-state index in [-0.39, 0.29) is 32.5 Å². The van der Waals surface area contributed by atoms with Crippen molar-refractivity contribution >= 4 is 19.1 Å². The fourth-order valence-corrected chi connectivity index (χ4v) is 5.58. The van der Waals surface area contributed by atoms with Crippen LogP contribution < -0.4 is 5.32 Å². The van der Waals surface area contributed by atoms with Gasteiger partial charge < -0.3 is 25.0 Å². The number of alkyl carbamates (subject to hydrolysis) is 1. The first-order valence-corrected chi connectivity index (χ1v) is 13.4. The molecule has 2 heterocycles. The van der Waals surface area contributed by atoms with Crippen molar-refractivity contribution in [2.24, 2.45) is 5.41 Å². The summed E-state index contributed by atoms with van der Waals surface area (Å²) < 4.78 is 33.1. The number of nitrogens with zero attached hydrogens (tertiary/aromatic N) is 3. The largest absolute Gasteiger partial charge is 0.475 e. The fourth-order valence-electron chi connectivity index (χ4n) is 5.58. The maximum Gasteiger partial charge on any atom is 0.475 e. The normalized spacial score (nSPS) is 24.4. The van der Waals surface area contributed by atoms with Crippen molar-refractivity contribution < 1.29 is 33.2 Å². The minimum absolute atomic E-state index is 0.0783. The van der Waals surface area contributed by atoms with Gasteiger partial charge in [-0.05, 0) is 58.4 Å².